The van der Waals surface area contributed by atoms with Gasteiger partial charge in [0.2, 0.25) is 11.9 Å². The Morgan fingerprint density at radius 2 is 1.86 bits per heavy atom. The molecule has 0 saturated carbocycles. The second-order valence-corrected chi connectivity index (χ2v) is 9.75. The van der Waals surface area contributed by atoms with E-state index >= 15 is 0 Å². The summed E-state index contributed by atoms with van der Waals surface area (Å²) in [4.78, 5) is 35.9. The fourth-order valence-electron chi connectivity index (χ4n) is 4.38. The van der Waals surface area contributed by atoms with E-state index in [1.54, 1.807) is 30.5 Å². The quantitative estimate of drug-likeness (QED) is 0.195. The number of hydrogen-bond acceptors (Lipinski definition) is 7. The average Bonchev–Trinajstić information content (AvgIpc) is 3.00. The molecule has 0 saturated heterocycles. The first-order chi connectivity index (χ1) is 20.5. The molecule has 1 aliphatic rings. The number of aromatic nitrogens is 2. The molecule has 9 nitrogen and oxygen atoms in total. The molecule has 0 fully saturated rings. The van der Waals surface area contributed by atoms with E-state index in [0.29, 0.717) is 36.0 Å². The number of hydrogen-bond donors (Lipinski definition) is 3. The summed E-state index contributed by atoms with van der Waals surface area (Å²) in [6, 6.07) is 22.1. The molecule has 212 valence electrons. The van der Waals surface area contributed by atoms with E-state index in [0.717, 1.165) is 41.2 Å². The molecule has 3 N–H and O–H groups in total. The van der Waals surface area contributed by atoms with Gasteiger partial charge in [0.1, 0.15) is 5.75 Å². The molecular formula is C33H32N6O3. The van der Waals surface area contributed by atoms with E-state index < -0.39 is 0 Å². The minimum Gasteiger partial charge on any atom is -0.494 e. The van der Waals surface area contributed by atoms with Crippen LogP contribution in [0.2, 0.25) is 0 Å². The van der Waals surface area contributed by atoms with Gasteiger partial charge in [-0.1, -0.05) is 30.9 Å². The summed E-state index contributed by atoms with van der Waals surface area (Å²) in [6.07, 6.45) is 8.99. The molecule has 0 atom stereocenters. The average molecular weight is 561 g/mol. The lowest BCUT2D eigenvalue weighted by Crippen LogP contribution is -2.18. The predicted octanol–water partition coefficient (Wildman–Crippen LogP) is 6.43. The van der Waals surface area contributed by atoms with Crippen molar-refractivity contribution in [3.63, 3.8) is 0 Å². The Morgan fingerprint density at radius 1 is 1.00 bits per heavy atom. The number of anilines is 5. The van der Waals surface area contributed by atoms with E-state index in [9.17, 15) is 9.59 Å². The molecule has 42 heavy (non-hydrogen) atoms. The first kappa shape index (κ1) is 28.1. The standard InChI is InChI=1S/C33H32N6O3/c1-3-31(40)35-25-13-11-23(12-14-25)32(41)36-26-20-27-22-28(21-26)39(2)17-6-4-5-7-18-42-29-10-8-9-24(19-29)30-15-16-34-33(37-27)38-30/h3-4,6,8-16,19-22H,1,5,7,17-18H2,2H3,(H,35,40)(H,36,41)(H,34,37,38)/b6-4+. The zero-order valence-electron chi connectivity index (χ0n) is 23.3. The van der Waals surface area contributed by atoms with Crippen LogP contribution in [-0.2, 0) is 4.79 Å². The molecule has 2 heterocycles. The van der Waals surface area contributed by atoms with Crippen molar-refractivity contribution in [3.05, 3.63) is 109 Å². The van der Waals surface area contributed by atoms with Gasteiger partial charge in [0.15, 0.2) is 0 Å². The van der Waals surface area contributed by atoms with Gasteiger partial charge in [0.05, 0.1) is 12.3 Å². The molecule has 9 heteroatoms. The minimum atomic E-state index is -0.316. The van der Waals surface area contributed by atoms with Crippen LogP contribution < -0.4 is 25.6 Å². The third kappa shape index (κ3) is 7.39. The monoisotopic (exact) mass is 560 g/mol. The van der Waals surface area contributed by atoms with Crippen LogP contribution in [0.25, 0.3) is 11.3 Å². The number of nitrogens with zero attached hydrogens (tertiary/aromatic N) is 3. The smallest absolute Gasteiger partial charge is 0.255 e. The van der Waals surface area contributed by atoms with Gasteiger partial charge in [-0.3, -0.25) is 9.59 Å². The number of allylic oxidation sites excluding steroid dienone is 1. The van der Waals surface area contributed by atoms with Gasteiger partial charge >= 0.3 is 0 Å². The minimum absolute atomic E-state index is 0.281. The number of fused-ring (bicyclic) bond motifs is 7. The predicted molar refractivity (Wildman–Crippen MR) is 168 cm³/mol. The highest BCUT2D eigenvalue weighted by molar-refractivity contribution is 6.05. The van der Waals surface area contributed by atoms with Gasteiger partial charge in [-0.25, -0.2) is 9.97 Å². The van der Waals surface area contributed by atoms with Crippen LogP contribution in [0.5, 0.6) is 5.75 Å². The summed E-state index contributed by atoms with van der Waals surface area (Å²) in [5, 5.41) is 8.98. The Hall–Kier alpha value is -5.44. The maximum atomic E-state index is 13.1. The van der Waals surface area contributed by atoms with Crippen molar-refractivity contribution >= 4 is 40.5 Å². The lowest BCUT2D eigenvalue weighted by molar-refractivity contribution is -0.111. The van der Waals surface area contributed by atoms with Gasteiger partial charge in [0.25, 0.3) is 5.91 Å². The van der Waals surface area contributed by atoms with Crippen LogP contribution in [0, 0.1) is 0 Å². The number of likely N-dealkylation sites (N-methyl/N-ethyl adjacent to an activating group) is 1. The highest BCUT2D eigenvalue weighted by Crippen LogP contribution is 2.29. The topological polar surface area (TPSA) is 108 Å². The summed E-state index contributed by atoms with van der Waals surface area (Å²) < 4.78 is 5.96. The molecular weight excluding hydrogens is 528 g/mol. The van der Waals surface area contributed by atoms with Crippen LogP contribution >= 0.6 is 0 Å². The van der Waals surface area contributed by atoms with Crippen molar-refractivity contribution in [1.82, 2.24) is 9.97 Å². The van der Waals surface area contributed by atoms with Crippen LogP contribution in [0.4, 0.5) is 28.7 Å². The lowest BCUT2D eigenvalue weighted by atomic mass is 10.1. The van der Waals surface area contributed by atoms with E-state index in [1.165, 1.54) is 6.08 Å². The molecule has 5 rings (SSSR count). The van der Waals surface area contributed by atoms with Crippen molar-refractivity contribution in [2.24, 2.45) is 0 Å². The van der Waals surface area contributed by atoms with Crippen molar-refractivity contribution in [1.29, 1.82) is 0 Å². The molecule has 1 aliphatic heterocycles. The van der Waals surface area contributed by atoms with Crippen LogP contribution in [0.1, 0.15) is 23.2 Å². The Kier molecular flexibility index (Phi) is 8.88. The molecule has 6 bridgehead atoms. The van der Waals surface area contributed by atoms with Gasteiger partial charge in [-0.2, -0.15) is 0 Å². The Balaban J connectivity index is 1.43. The summed E-state index contributed by atoms with van der Waals surface area (Å²) in [5.74, 6) is 0.629. The number of benzene rings is 3. The SMILES string of the molecule is C=CC(=O)Nc1ccc(C(=O)Nc2cc3cc(c2)N(C)C/C=C/CCCOc2cccc(c2)-c2ccnc(n2)N3)cc1. The van der Waals surface area contributed by atoms with Crippen molar-refractivity contribution < 1.29 is 14.3 Å². The number of ether oxygens (including phenoxy) is 1. The summed E-state index contributed by atoms with van der Waals surface area (Å²) in [7, 11) is 2.00. The summed E-state index contributed by atoms with van der Waals surface area (Å²) in [5.41, 5.74) is 4.94. The fraction of sp³-hybridized carbons (Fsp3) is 0.152. The van der Waals surface area contributed by atoms with Crippen molar-refractivity contribution in [2.75, 3.05) is 41.0 Å². The number of amides is 2. The number of carbonyl (C=O) groups is 2. The zero-order valence-corrected chi connectivity index (χ0v) is 23.3. The van der Waals surface area contributed by atoms with Crippen molar-refractivity contribution in [3.8, 4) is 17.0 Å². The maximum absolute atomic E-state index is 13.1. The molecule has 0 radical (unpaired) electrons. The number of nitrogens with one attached hydrogen (secondary N) is 3. The van der Waals surface area contributed by atoms with Gasteiger partial charge < -0.3 is 25.6 Å². The van der Waals surface area contributed by atoms with Gasteiger partial charge in [0, 0.05) is 53.7 Å². The third-order valence-corrected chi connectivity index (χ3v) is 6.59. The Morgan fingerprint density at radius 3 is 2.69 bits per heavy atom. The van der Waals surface area contributed by atoms with Gasteiger partial charge in [-0.05, 0) is 79.6 Å². The molecule has 3 aromatic carbocycles. The number of carbonyl (C=O) groups excluding carboxylic acids is 2. The van der Waals surface area contributed by atoms with E-state index in [4.69, 9.17) is 9.72 Å². The Labute approximate surface area is 245 Å². The summed E-state index contributed by atoms with van der Waals surface area (Å²) >= 11 is 0. The second-order valence-electron chi connectivity index (χ2n) is 9.75. The Bertz CT molecular complexity index is 1620. The normalized spacial score (nSPS) is 13.8. The molecule has 0 unspecified atom stereocenters. The molecule has 2 amide bonds. The lowest BCUT2D eigenvalue weighted by Gasteiger charge is -2.20. The molecule has 0 aliphatic carbocycles. The highest BCUT2D eigenvalue weighted by atomic mass is 16.5. The molecule has 1 aromatic heterocycles. The molecule has 0 spiro atoms. The first-order valence-corrected chi connectivity index (χ1v) is 13.7. The fourth-order valence-corrected chi connectivity index (χ4v) is 4.38. The highest BCUT2D eigenvalue weighted by Gasteiger charge is 2.12. The summed E-state index contributed by atoms with van der Waals surface area (Å²) in [6.45, 7) is 4.76. The number of rotatable bonds is 4. The first-order valence-electron chi connectivity index (χ1n) is 13.7. The van der Waals surface area contributed by atoms with Crippen LogP contribution in [0.3, 0.4) is 0 Å². The van der Waals surface area contributed by atoms with Gasteiger partial charge in [-0.15, -0.1) is 0 Å². The van der Waals surface area contributed by atoms with E-state index in [1.807, 2.05) is 55.6 Å². The second kappa shape index (κ2) is 13.3. The van der Waals surface area contributed by atoms with Crippen LogP contribution in [-0.4, -0.2) is 42.0 Å². The van der Waals surface area contributed by atoms with E-state index in [2.05, 4.69) is 44.6 Å². The van der Waals surface area contributed by atoms with Crippen LogP contribution in [0.15, 0.2) is 104 Å². The maximum Gasteiger partial charge on any atom is 0.255 e. The zero-order chi connectivity index (χ0) is 29.3. The molecule has 4 aromatic rings. The largest absolute Gasteiger partial charge is 0.494 e. The van der Waals surface area contributed by atoms with E-state index in [-0.39, 0.29) is 11.8 Å². The van der Waals surface area contributed by atoms with Crippen molar-refractivity contribution in [2.45, 2.75) is 12.8 Å². The third-order valence-electron chi connectivity index (χ3n) is 6.59.